The van der Waals surface area contributed by atoms with Crippen LogP contribution in [0.5, 0.6) is 0 Å². The Hall–Kier alpha value is -3.61. The molecule has 0 aromatic rings. The van der Waals surface area contributed by atoms with Crippen molar-refractivity contribution in [2.24, 2.45) is 41.4 Å². The van der Waals surface area contributed by atoms with Gasteiger partial charge in [0.2, 0.25) is 17.7 Å². The number of amides is 5. The lowest BCUT2D eigenvalue weighted by molar-refractivity contribution is -0.144. The molecule has 33 heteroatoms. The van der Waals surface area contributed by atoms with E-state index in [1.807, 2.05) is 0 Å². The number of likely N-dealkylation sites (tertiary alicyclic amines) is 3. The zero-order valence-electron chi connectivity index (χ0n) is 76.1. The number of piperazine rings is 1. The first-order valence-electron chi connectivity index (χ1n) is 48.3. The lowest BCUT2D eigenvalue weighted by Gasteiger charge is -2.56. The Bertz CT molecular complexity index is 3060. The zero-order chi connectivity index (χ0) is 87.7. The van der Waals surface area contributed by atoms with Gasteiger partial charge in [-0.3, -0.25) is 40.1 Å². The highest BCUT2D eigenvalue weighted by molar-refractivity contribution is 6.21. The Labute approximate surface area is 757 Å². The number of allylic oxidation sites excluding steroid dienone is 1. The van der Waals surface area contributed by atoms with E-state index >= 15 is 0 Å². The van der Waals surface area contributed by atoms with E-state index in [9.17, 15) is 24.4 Å². The Morgan fingerprint density at radius 1 is 0.568 bits per heavy atom. The molecule has 5 amide bonds. The Balaban J connectivity index is 0.409. The van der Waals surface area contributed by atoms with Gasteiger partial charge in [-0.15, -0.1) is 23.2 Å². The van der Waals surface area contributed by atoms with Crippen LogP contribution in [0.15, 0.2) is 24.4 Å². The van der Waals surface area contributed by atoms with Crippen LogP contribution in [0.1, 0.15) is 161 Å². The molecule has 6 heterocycles. The summed E-state index contributed by atoms with van der Waals surface area (Å²) < 4.78 is 85.8. The highest BCUT2D eigenvalue weighted by atomic mass is 35.5. The van der Waals surface area contributed by atoms with E-state index in [1.54, 1.807) is 4.90 Å². The quantitative estimate of drug-likeness (QED) is 0.0168. The predicted octanol–water partition coefficient (Wildman–Crippen LogP) is 7.79. The Morgan fingerprint density at radius 3 is 1.73 bits per heavy atom. The van der Waals surface area contributed by atoms with Crippen molar-refractivity contribution in [3.63, 3.8) is 0 Å². The van der Waals surface area contributed by atoms with Gasteiger partial charge in [-0.2, -0.15) is 5.26 Å². The van der Waals surface area contributed by atoms with E-state index in [-0.39, 0.29) is 77.9 Å². The highest BCUT2D eigenvalue weighted by Crippen LogP contribution is 2.47. The molecule has 6 saturated heterocycles. The SMILES string of the molecule is C=C(/C=C/CN(C)CCOCCOCCOCCOCCOCCOCCOCCOCCOCCOCCOCCOCCOCCOCCCCCCCCC1CC(Cl)CC(NC(=O)NCC2CCC3C(=O)N(C4CCC(=O)NC4=O)CC3C2)C1)N1CCN(C2NC(OC[C@@H]3CCCN3C)NC3CN(C4CCCC5CCCC(Cl)C54)CCC32)C[C@@H]1CC#N. The Kier molecular flexibility index (Phi) is 50.7. The summed E-state index contributed by atoms with van der Waals surface area (Å²) in [5.74, 6) is 2.08. The van der Waals surface area contributed by atoms with Crippen molar-refractivity contribution in [1.82, 2.24) is 56.0 Å². The molecule has 0 spiro atoms. The number of rotatable bonds is 65. The summed E-state index contributed by atoms with van der Waals surface area (Å²) in [5, 5.41) is 27.2. The molecule has 0 aromatic heterocycles. The molecule has 4 saturated carbocycles. The molecule has 10 aliphatic rings. The molecule has 5 N–H and O–H groups in total. The second-order valence-electron chi connectivity index (χ2n) is 36.2. The maximum atomic E-state index is 13.2. The first kappa shape index (κ1) is 103. The number of nitrogens with one attached hydrogen (secondary N) is 5. The molecular weight excluding hydrogens is 1650 g/mol. The van der Waals surface area contributed by atoms with Crippen molar-refractivity contribution >= 4 is 47.0 Å². The molecule has 10 rings (SSSR count). The van der Waals surface area contributed by atoms with Gasteiger partial charge >= 0.3 is 6.03 Å². The van der Waals surface area contributed by atoms with E-state index in [1.165, 1.54) is 70.6 Å². The summed E-state index contributed by atoms with van der Waals surface area (Å²) in [4.78, 5) is 64.5. The standard InChI is InChI=1S/C92H160Cl2N12O19/c1-71(105-32-31-104(68-78(105)25-27-95)88-81-26-30-103(84-20-11-17-74-16-10-19-82(94)87(74)84)69-83(81)98-92(100-88)125-70-79-18-13-29-102(79)3)14-12-28-101(2)33-35-112-37-39-114-41-43-116-45-47-118-49-51-120-53-55-122-57-59-124-61-60-123-58-56-121-54-52-119-50-48-117-46-44-115-42-40-113-38-36-111-34-9-7-5-4-6-8-15-72-63-76(93)65-77(64-72)97-91(110)96-66-73-21-22-80-75(62-73)67-106(90(80)109)85-23-24-86(107)99-89(85)108/h12,14,72-85,87-88,92,98,100H,1,4-11,13,15-26,28-70H2,2-3H3,(H2,96,97,110)(H,99,107,108)/b14-12+/t72?,73?,74?,75?,76?,77?,78-,79-,80?,81?,82?,83?,84?,85?,87?,88?,92?/m0/s1. The number of alkyl halides is 2. The van der Waals surface area contributed by atoms with Gasteiger partial charge in [0.1, 0.15) is 6.04 Å². The van der Waals surface area contributed by atoms with Crippen LogP contribution in [0.25, 0.3) is 0 Å². The van der Waals surface area contributed by atoms with Gasteiger partial charge in [-0.1, -0.05) is 76.9 Å². The molecular formula is C92H160Cl2N12O19. The summed E-state index contributed by atoms with van der Waals surface area (Å²) >= 11 is 13.9. The lowest BCUT2D eigenvalue weighted by atomic mass is 9.67. The van der Waals surface area contributed by atoms with Crippen molar-refractivity contribution in [1.29, 1.82) is 5.26 Å². The topological polar surface area (TPSA) is 310 Å². The van der Waals surface area contributed by atoms with E-state index in [4.69, 9.17) is 94.3 Å². The second-order valence-corrected chi connectivity index (χ2v) is 37.4. The van der Waals surface area contributed by atoms with Crippen LogP contribution in [-0.4, -0.2) is 384 Å². The normalized spacial score (nSPS) is 28.9. The number of halogens is 2. The summed E-state index contributed by atoms with van der Waals surface area (Å²) in [6.07, 6.45) is 29.8. The molecule has 17 atom stereocenters. The number of hydrogen-bond acceptors (Lipinski definition) is 27. The number of carbonyl (C=O) groups excluding carboxylic acids is 4. The number of nitrogens with zero attached hydrogens (tertiary/aromatic N) is 7. The van der Waals surface area contributed by atoms with Crippen LogP contribution in [0.2, 0.25) is 0 Å². The van der Waals surface area contributed by atoms with Crippen LogP contribution in [0, 0.1) is 52.8 Å². The van der Waals surface area contributed by atoms with Crippen molar-refractivity contribution in [3.8, 4) is 6.07 Å². The fourth-order valence-electron chi connectivity index (χ4n) is 20.5. The van der Waals surface area contributed by atoms with Gasteiger partial charge in [0.25, 0.3) is 0 Å². The number of imide groups is 1. The van der Waals surface area contributed by atoms with Gasteiger partial charge < -0.3 is 101 Å². The van der Waals surface area contributed by atoms with Crippen LogP contribution in [0.3, 0.4) is 0 Å². The largest absolute Gasteiger partial charge is 0.379 e. The molecule has 0 aromatic carbocycles. The zero-order valence-corrected chi connectivity index (χ0v) is 77.6. The maximum absolute atomic E-state index is 13.2. The number of likely N-dealkylation sites (N-methyl/N-ethyl adjacent to an activating group) is 2. The third-order valence-electron chi connectivity index (χ3n) is 27.2. The molecule has 10 fully saturated rings. The summed E-state index contributed by atoms with van der Waals surface area (Å²) in [5.41, 5.74) is 0.957. The van der Waals surface area contributed by atoms with Crippen molar-refractivity contribution in [2.75, 3.05) is 271 Å². The van der Waals surface area contributed by atoms with Gasteiger partial charge in [-0.25, -0.2) is 4.79 Å². The number of urea groups is 1. The number of carbonyl (C=O) groups is 4. The van der Waals surface area contributed by atoms with Crippen LogP contribution in [-0.2, 0) is 85.4 Å². The number of nitriles is 1. The number of fused-ring (bicyclic) bond motifs is 3. The van der Waals surface area contributed by atoms with E-state index < -0.39 is 6.04 Å². The summed E-state index contributed by atoms with van der Waals surface area (Å²) in [6.45, 7) is 27.9. The molecule has 4 aliphatic carbocycles. The minimum absolute atomic E-state index is 0.0345. The third-order valence-corrected chi connectivity index (χ3v) is 28.1. The van der Waals surface area contributed by atoms with Gasteiger partial charge in [0.15, 0.2) is 6.35 Å². The second kappa shape index (κ2) is 61.2. The van der Waals surface area contributed by atoms with Crippen molar-refractivity contribution in [3.05, 3.63) is 24.4 Å². The number of piperidine rings is 2. The van der Waals surface area contributed by atoms with E-state index in [0.717, 1.165) is 141 Å². The van der Waals surface area contributed by atoms with Crippen LogP contribution >= 0.6 is 23.2 Å². The fourth-order valence-corrected chi connectivity index (χ4v) is 21.5. The predicted molar refractivity (Wildman–Crippen MR) is 478 cm³/mol. The number of ether oxygens (including phenoxy) is 15. The molecule has 15 unspecified atom stereocenters. The van der Waals surface area contributed by atoms with Gasteiger partial charge in [0, 0.05) is 118 Å². The smallest absolute Gasteiger partial charge is 0.315 e. The highest BCUT2D eigenvalue weighted by Gasteiger charge is 2.51. The first-order valence-corrected chi connectivity index (χ1v) is 49.2. The first-order chi connectivity index (χ1) is 61.3. The summed E-state index contributed by atoms with van der Waals surface area (Å²) in [6, 6.07) is 3.26. The monoisotopic (exact) mass is 1810 g/mol. The molecule has 31 nitrogen and oxygen atoms in total. The summed E-state index contributed by atoms with van der Waals surface area (Å²) in [7, 11) is 4.32. The van der Waals surface area contributed by atoms with Crippen molar-refractivity contribution < 1.29 is 90.2 Å². The molecule has 0 bridgehead atoms. The molecule has 125 heavy (non-hydrogen) atoms. The molecule has 6 aliphatic heterocycles. The molecule has 716 valence electrons. The van der Waals surface area contributed by atoms with Crippen molar-refractivity contribution in [2.45, 2.75) is 220 Å². The number of hydrogen-bond donors (Lipinski definition) is 5. The number of unbranched alkanes of at least 4 members (excludes halogenated alkanes) is 5. The van der Waals surface area contributed by atoms with E-state index in [0.29, 0.717) is 252 Å². The van der Waals surface area contributed by atoms with E-state index in [2.05, 4.69) is 90.0 Å². The Morgan fingerprint density at radius 2 is 1.14 bits per heavy atom. The fraction of sp³-hybridized carbons (Fsp3) is 0.902. The average Bonchev–Trinajstić information content (AvgIpc) is 1.31. The van der Waals surface area contributed by atoms with Crippen LogP contribution < -0.4 is 26.6 Å². The van der Waals surface area contributed by atoms with Gasteiger partial charge in [0.05, 0.1) is 210 Å². The lowest BCUT2D eigenvalue weighted by Crippen LogP contribution is -2.74. The minimum atomic E-state index is -0.559. The maximum Gasteiger partial charge on any atom is 0.315 e. The average molecular weight is 1810 g/mol. The van der Waals surface area contributed by atoms with Gasteiger partial charge in [-0.05, 0) is 146 Å². The molecule has 0 radical (unpaired) electrons. The van der Waals surface area contributed by atoms with Crippen LogP contribution in [0.4, 0.5) is 4.79 Å². The third kappa shape index (κ3) is 38.1. The minimum Gasteiger partial charge on any atom is -0.379 e.